The molecule has 6 heteroatoms. The van der Waals surface area contributed by atoms with Crippen LogP contribution in [0.3, 0.4) is 0 Å². The van der Waals surface area contributed by atoms with Crippen molar-refractivity contribution in [2.24, 2.45) is 0 Å². The largest absolute Gasteiger partial charge is 0.506 e. The van der Waals surface area contributed by atoms with Gasteiger partial charge >= 0.3 is 0 Å². The van der Waals surface area contributed by atoms with Crippen LogP contribution >= 0.6 is 31.9 Å². The second-order valence-electron chi connectivity index (χ2n) is 4.82. The standard InChI is InChI=1S/C17H12Br2N2O2/c1-10-2-4-14(5-3-10)21-17(23)12(9-20)6-11-7-13(18)8-15(19)16(11)22/h2-8,22H,1H3,(H,21,23)/b12-6-. The molecule has 1 amide bonds. The number of carbonyl (C=O) groups is 1. The van der Waals surface area contributed by atoms with Gasteiger partial charge in [-0.15, -0.1) is 0 Å². The molecule has 4 nitrogen and oxygen atoms in total. The van der Waals surface area contributed by atoms with Crippen LogP contribution in [0.1, 0.15) is 11.1 Å². The van der Waals surface area contributed by atoms with Crippen molar-refractivity contribution in [3.63, 3.8) is 0 Å². The summed E-state index contributed by atoms with van der Waals surface area (Å²) < 4.78 is 1.18. The fraction of sp³-hybridized carbons (Fsp3) is 0.0588. The number of aromatic hydroxyl groups is 1. The molecule has 2 aromatic carbocycles. The van der Waals surface area contributed by atoms with E-state index in [0.29, 0.717) is 20.2 Å². The Morgan fingerprint density at radius 1 is 1.26 bits per heavy atom. The summed E-state index contributed by atoms with van der Waals surface area (Å²) in [5.41, 5.74) is 1.93. The van der Waals surface area contributed by atoms with E-state index < -0.39 is 5.91 Å². The Kier molecular flexibility index (Phi) is 5.59. The summed E-state index contributed by atoms with van der Waals surface area (Å²) in [6, 6.07) is 12.4. The van der Waals surface area contributed by atoms with Crippen LogP contribution in [0.25, 0.3) is 6.08 Å². The van der Waals surface area contributed by atoms with Crippen LogP contribution in [0.2, 0.25) is 0 Å². The maximum atomic E-state index is 12.2. The highest BCUT2D eigenvalue weighted by molar-refractivity contribution is 9.11. The number of rotatable bonds is 3. The van der Waals surface area contributed by atoms with Crippen molar-refractivity contribution in [2.45, 2.75) is 6.92 Å². The van der Waals surface area contributed by atoms with E-state index >= 15 is 0 Å². The molecule has 0 spiro atoms. The predicted octanol–water partition coefficient (Wildman–Crippen LogP) is 4.77. The molecule has 0 aliphatic heterocycles. The van der Waals surface area contributed by atoms with Crippen LogP contribution in [0.4, 0.5) is 5.69 Å². The predicted molar refractivity (Wildman–Crippen MR) is 96.9 cm³/mol. The van der Waals surface area contributed by atoms with Crippen molar-refractivity contribution in [3.8, 4) is 11.8 Å². The number of hydrogen-bond donors (Lipinski definition) is 2. The van der Waals surface area contributed by atoms with Gasteiger partial charge in [0.2, 0.25) is 0 Å². The molecule has 0 aromatic heterocycles. The van der Waals surface area contributed by atoms with Crippen molar-refractivity contribution in [2.75, 3.05) is 5.32 Å². The van der Waals surface area contributed by atoms with Gasteiger partial charge in [-0.25, -0.2) is 0 Å². The average molecular weight is 436 g/mol. The molecule has 0 aliphatic carbocycles. The van der Waals surface area contributed by atoms with Crippen LogP contribution < -0.4 is 5.32 Å². The SMILES string of the molecule is Cc1ccc(NC(=O)/C(C#N)=C\c2cc(Br)cc(Br)c2O)cc1. The van der Waals surface area contributed by atoms with Gasteiger partial charge in [0.15, 0.2) is 0 Å². The highest BCUT2D eigenvalue weighted by Crippen LogP contribution is 2.33. The number of carbonyl (C=O) groups excluding carboxylic acids is 1. The second kappa shape index (κ2) is 7.44. The van der Waals surface area contributed by atoms with Gasteiger partial charge in [0, 0.05) is 15.7 Å². The first kappa shape index (κ1) is 17.3. The number of phenolic OH excluding ortho intramolecular Hbond substituents is 1. The van der Waals surface area contributed by atoms with Crippen molar-refractivity contribution in [3.05, 3.63) is 62.0 Å². The lowest BCUT2D eigenvalue weighted by Crippen LogP contribution is -2.13. The topological polar surface area (TPSA) is 73.1 Å². The highest BCUT2D eigenvalue weighted by atomic mass is 79.9. The summed E-state index contributed by atoms with van der Waals surface area (Å²) in [6.45, 7) is 1.94. The van der Waals surface area contributed by atoms with Gasteiger partial charge in [-0.1, -0.05) is 33.6 Å². The van der Waals surface area contributed by atoms with Crippen LogP contribution in [0, 0.1) is 18.3 Å². The molecule has 0 aliphatic rings. The third-order valence-electron chi connectivity index (χ3n) is 3.03. The molecule has 0 unspecified atom stereocenters. The molecule has 2 aromatic rings. The Morgan fingerprint density at radius 3 is 2.52 bits per heavy atom. The Balaban J connectivity index is 2.30. The molecule has 116 valence electrons. The molecule has 0 atom stereocenters. The molecular weight excluding hydrogens is 424 g/mol. The first-order chi connectivity index (χ1) is 10.9. The number of nitrogens with zero attached hydrogens (tertiary/aromatic N) is 1. The summed E-state index contributed by atoms with van der Waals surface area (Å²) in [6.07, 6.45) is 1.34. The summed E-state index contributed by atoms with van der Waals surface area (Å²) >= 11 is 6.52. The van der Waals surface area contributed by atoms with Gasteiger partial charge in [-0.3, -0.25) is 4.79 Å². The van der Waals surface area contributed by atoms with E-state index in [1.165, 1.54) is 6.08 Å². The summed E-state index contributed by atoms with van der Waals surface area (Å²) in [5, 5.41) is 21.9. The van der Waals surface area contributed by atoms with E-state index in [1.54, 1.807) is 24.3 Å². The third-order valence-corrected chi connectivity index (χ3v) is 4.09. The number of phenols is 1. The van der Waals surface area contributed by atoms with Gasteiger partial charge in [-0.05, 0) is 53.2 Å². The Morgan fingerprint density at radius 2 is 1.91 bits per heavy atom. The zero-order valence-electron chi connectivity index (χ0n) is 12.1. The summed E-state index contributed by atoms with van der Waals surface area (Å²) in [5.74, 6) is -0.573. The minimum atomic E-state index is -0.535. The number of nitriles is 1. The molecule has 0 saturated carbocycles. The summed E-state index contributed by atoms with van der Waals surface area (Å²) in [4.78, 5) is 12.2. The fourth-order valence-electron chi connectivity index (χ4n) is 1.84. The van der Waals surface area contributed by atoms with E-state index in [2.05, 4.69) is 37.2 Å². The van der Waals surface area contributed by atoms with Gasteiger partial charge in [0.1, 0.15) is 17.4 Å². The maximum Gasteiger partial charge on any atom is 0.266 e. The Bertz CT molecular complexity index is 822. The molecule has 23 heavy (non-hydrogen) atoms. The van der Waals surface area contributed by atoms with E-state index in [-0.39, 0.29) is 11.3 Å². The number of aryl methyl sites for hydroxylation is 1. The number of benzene rings is 2. The van der Waals surface area contributed by atoms with Crippen LogP contribution in [0.15, 0.2) is 50.9 Å². The highest BCUT2D eigenvalue weighted by Gasteiger charge is 2.12. The van der Waals surface area contributed by atoms with E-state index in [9.17, 15) is 15.2 Å². The Labute approximate surface area is 150 Å². The molecule has 0 radical (unpaired) electrons. The van der Waals surface area contributed by atoms with Gasteiger partial charge in [0.25, 0.3) is 5.91 Å². The zero-order chi connectivity index (χ0) is 17.0. The lowest BCUT2D eigenvalue weighted by atomic mass is 10.1. The first-order valence-corrected chi connectivity index (χ1v) is 8.17. The smallest absolute Gasteiger partial charge is 0.266 e. The van der Waals surface area contributed by atoms with Crippen LogP contribution in [-0.4, -0.2) is 11.0 Å². The second-order valence-corrected chi connectivity index (χ2v) is 6.59. The molecule has 0 bridgehead atoms. The average Bonchev–Trinajstić information content (AvgIpc) is 2.51. The number of hydrogen-bond acceptors (Lipinski definition) is 3. The zero-order valence-corrected chi connectivity index (χ0v) is 15.3. The number of nitrogens with one attached hydrogen (secondary N) is 1. The van der Waals surface area contributed by atoms with Crippen molar-refractivity contribution in [1.29, 1.82) is 5.26 Å². The maximum absolute atomic E-state index is 12.2. The van der Waals surface area contributed by atoms with Gasteiger partial charge in [0.05, 0.1) is 4.47 Å². The third kappa shape index (κ3) is 4.44. The molecule has 0 fully saturated rings. The number of anilines is 1. The minimum Gasteiger partial charge on any atom is -0.506 e. The van der Waals surface area contributed by atoms with Crippen molar-refractivity contribution in [1.82, 2.24) is 0 Å². The minimum absolute atomic E-state index is 0.0379. The molecular formula is C17H12Br2N2O2. The molecule has 0 heterocycles. The van der Waals surface area contributed by atoms with Gasteiger partial charge < -0.3 is 10.4 Å². The quantitative estimate of drug-likeness (QED) is 0.538. The lowest BCUT2D eigenvalue weighted by Gasteiger charge is -2.06. The molecule has 2 rings (SSSR count). The van der Waals surface area contributed by atoms with E-state index in [4.69, 9.17) is 0 Å². The van der Waals surface area contributed by atoms with E-state index in [1.807, 2.05) is 25.1 Å². The van der Waals surface area contributed by atoms with E-state index in [0.717, 1.165) is 5.56 Å². The van der Waals surface area contributed by atoms with Crippen LogP contribution in [-0.2, 0) is 4.79 Å². The normalized spacial score (nSPS) is 11.0. The van der Waals surface area contributed by atoms with Crippen molar-refractivity contribution < 1.29 is 9.90 Å². The van der Waals surface area contributed by atoms with Crippen LogP contribution in [0.5, 0.6) is 5.75 Å². The number of amides is 1. The molecule has 0 saturated heterocycles. The van der Waals surface area contributed by atoms with Gasteiger partial charge in [-0.2, -0.15) is 5.26 Å². The first-order valence-electron chi connectivity index (χ1n) is 6.58. The summed E-state index contributed by atoms with van der Waals surface area (Å²) in [7, 11) is 0. The fourth-order valence-corrected chi connectivity index (χ4v) is 3.09. The van der Waals surface area contributed by atoms with Crippen molar-refractivity contribution >= 4 is 49.5 Å². The number of halogens is 2. The monoisotopic (exact) mass is 434 g/mol. The molecule has 2 N–H and O–H groups in total. The Hall–Kier alpha value is -2.10. The lowest BCUT2D eigenvalue weighted by molar-refractivity contribution is -0.112.